The highest BCUT2D eigenvalue weighted by Gasteiger charge is 2.22. The summed E-state index contributed by atoms with van der Waals surface area (Å²) in [6.45, 7) is 0. The van der Waals surface area contributed by atoms with Crippen molar-refractivity contribution in [3.8, 4) is 78.5 Å². The molecule has 0 saturated heterocycles. The lowest BCUT2D eigenvalue weighted by atomic mass is 9.89. The molecule has 4 aromatic heterocycles. The highest BCUT2D eigenvalue weighted by atomic mass is 16.3. The van der Waals surface area contributed by atoms with Gasteiger partial charge < -0.3 is 8.83 Å². The Labute approximate surface area is 402 Å². The molecule has 5 nitrogen and oxygen atoms in total. The second kappa shape index (κ2) is 16.1. The number of fused-ring (bicyclic) bond motifs is 9. The molecule has 5 heteroatoms. The molecule has 0 N–H and O–H groups in total. The Morgan fingerprint density at radius 3 is 1.60 bits per heavy atom. The Bertz CT molecular complexity index is 4330. The number of nitrogens with zero attached hydrogens (tertiary/aromatic N) is 3. The minimum atomic E-state index is 0.671. The van der Waals surface area contributed by atoms with E-state index in [1.54, 1.807) is 0 Å². The number of hydrogen-bond donors (Lipinski definition) is 0. The third kappa shape index (κ3) is 6.59. The van der Waals surface area contributed by atoms with Crippen LogP contribution >= 0.6 is 0 Å². The predicted molar refractivity (Wildman–Crippen MR) is 287 cm³/mol. The van der Waals surface area contributed by atoms with Gasteiger partial charge in [-0.25, -0.2) is 15.0 Å². The molecule has 0 spiro atoms. The fraction of sp³-hybridized carbons (Fsp3) is 0. The third-order valence-electron chi connectivity index (χ3n) is 13.7. The monoisotopic (exact) mass is 893 g/mol. The molecular formula is C65H39N3O2. The van der Waals surface area contributed by atoms with Crippen LogP contribution in [-0.2, 0) is 0 Å². The first-order chi connectivity index (χ1) is 34.7. The van der Waals surface area contributed by atoms with Crippen LogP contribution in [0.15, 0.2) is 245 Å². The van der Waals surface area contributed by atoms with Gasteiger partial charge in [-0.1, -0.05) is 200 Å². The SMILES string of the molecule is c1ccc(-c2nc(-c3ccc(-c4ccc(-c5nc6ccccc6c6c(-c7ccccc7)c7c(cc56)oc5ccccc57)cc4)cc3)cc(-c3cccc(-c4cccc5c4oc4ccccc45)c3)n2)cc1. The van der Waals surface area contributed by atoms with E-state index in [9.17, 15) is 0 Å². The molecular weight excluding hydrogens is 855 g/mol. The van der Waals surface area contributed by atoms with Crippen molar-refractivity contribution in [2.75, 3.05) is 0 Å². The molecule has 0 bridgehead atoms. The first-order valence-electron chi connectivity index (χ1n) is 23.6. The molecule has 14 aromatic rings. The lowest BCUT2D eigenvalue weighted by Gasteiger charge is -2.16. The Morgan fingerprint density at radius 2 is 0.843 bits per heavy atom. The smallest absolute Gasteiger partial charge is 0.160 e. The number of rotatable bonds is 7. The summed E-state index contributed by atoms with van der Waals surface area (Å²) in [5, 5.41) is 7.77. The van der Waals surface area contributed by atoms with Gasteiger partial charge in [0.1, 0.15) is 22.3 Å². The molecule has 0 amide bonds. The predicted octanol–water partition coefficient (Wildman–Crippen LogP) is 17.6. The fourth-order valence-corrected chi connectivity index (χ4v) is 10.4. The number of hydrogen-bond acceptors (Lipinski definition) is 5. The molecule has 0 unspecified atom stereocenters. The van der Waals surface area contributed by atoms with E-state index in [1.165, 1.54) is 5.39 Å². The third-order valence-corrected chi connectivity index (χ3v) is 13.7. The van der Waals surface area contributed by atoms with Crippen LogP contribution in [0.25, 0.3) is 144 Å². The highest BCUT2D eigenvalue weighted by Crippen LogP contribution is 2.46. The minimum Gasteiger partial charge on any atom is -0.456 e. The van der Waals surface area contributed by atoms with E-state index in [1.807, 2.05) is 36.4 Å². The topological polar surface area (TPSA) is 65.0 Å². The number of aromatic nitrogens is 3. The molecule has 14 rings (SSSR count). The molecule has 0 aliphatic heterocycles. The summed E-state index contributed by atoms with van der Waals surface area (Å²) in [6.07, 6.45) is 0. The van der Waals surface area contributed by atoms with Gasteiger partial charge >= 0.3 is 0 Å². The van der Waals surface area contributed by atoms with Crippen LogP contribution in [0, 0.1) is 0 Å². The average Bonchev–Trinajstić information content (AvgIpc) is 4.01. The van der Waals surface area contributed by atoms with E-state index in [2.05, 4.69) is 200 Å². The van der Waals surface area contributed by atoms with Gasteiger partial charge in [-0.2, -0.15) is 0 Å². The molecule has 10 aromatic carbocycles. The van der Waals surface area contributed by atoms with Crippen molar-refractivity contribution >= 4 is 65.6 Å². The van der Waals surface area contributed by atoms with Crippen molar-refractivity contribution in [3.63, 3.8) is 0 Å². The largest absolute Gasteiger partial charge is 0.456 e. The van der Waals surface area contributed by atoms with Crippen molar-refractivity contribution in [1.82, 2.24) is 15.0 Å². The van der Waals surface area contributed by atoms with Crippen molar-refractivity contribution in [3.05, 3.63) is 237 Å². The summed E-state index contributed by atoms with van der Waals surface area (Å²) in [4.78, 5) is 15.7. The van der Waals surface area contributed by atoms with Gasteiger partial charge in [0.15, 0.2) is 5.82 Å². The normalized spacial score (nSPS) is 11.7. The Balaban J connectivity index is 0.841. The first-order valence-corrected chi connectivity index (χ1v) is 23.6. The maximum absolute atomic E-state index is 6.61. The van der Waals surface area contributed by atoms with E-state index in [4.69, 9.17) is 23.8 Å². The maximum atomic E-state index is 6.61. The fourth-order valence-electron chi connectivity index (χ4n) is 10.4. The van der Waals surface area contributed by atoms with Crippen molar-refractivity contribution in [2.45, 2.75) is 0 Å². The highest BCUT2D eigenvalue weighted by molar-refractivity contribution is 6.27. The van der Waals surface area contributed by atoms with E-state index in [0.29, 0.717) is 5.82 Å². The number of para-hydroxylation sites is 4. The van der Waals surface area contributed by atoms with Gasteiger partial charge in [0.25, 0.3) is 0 Å². The second-order valence-electron chi connectivity index (χ2n) is 17.8. The van der Waals surface area contributed by atoms with Crippen LogP contribution in [0.3, 0.4) is 0 Å². The van der Waals surface area contributed by atoms with Crippen LogP contribution in [-0.4, -0.2) is 15.0 Å². The van der Waals surface area contributed by atoms with E-state index in [0.717, 1.165) is 133 Å². The molecule has 0 radical (unpaired) electrons. The standard InChI is InChI=1S/C65H39N3O2/c1-3-15-43(16-4-1)60-61-51-22-7-10-26-54(51)66-63(53(61)38-59-62(60)52-23-9-12-28-58(52)69-59)44-35-31-41(32-36-44)40-29-33-42(34-30-40)55-39-56(68-65(67-55)45-17-5-2-6-18-45)47-20-13-19-46(37-47)48-24-14-25-50-49-21-8-11-27-57(49)70-64(48)50/h1-39H. The first kappa shape index (κ1) is 39.7. The molecule has 0 aliphatic rings. The van der Waals surface area contributed by atoms with Crippen molar-refractivity contribution < 1.29 is 8.83 Å². The zero-order chi connectivity index (χ0) is 46.1. The van der Waals surface area contributed by atoms with Gasteiger partial charge in [-0.05, 0) is 58.7 Å². The minimum absolute atomic E-state index is 0.671. The van der Waals surface area contributed by atoms with Crippen LogP contribution in [0.1, 0.15) is 0 Å². The van der Waals surface area contributed by atoms with Crippen LogP contribution in [0.5, 0.6) is 0 Å². The summed E-state index contributed by atoms with van der Waals surface area (Å²) in [5.74, 6) is 0.671. The molecule has 0 aliphatic carbocycles. The molecule has 0 atom stereocenters. The van der Waals surface area contributed by atoms with Crippen LogP contribution in [0.4, 0.5) is 0 Å². The number of pyridine rings is 1. The number of furan rings is 2. The molecule has 70 heavy (non-hydrogen) atoms. The van der Waals surface area contributed by atoms with E-state index >= 15 is 0 Å². The van der Waals surface area contributed by atoms with Crippen LogP contribution in [0.2, 0.25) is 0 Å². The quantitative estimate of drug-likeness (QED) is 0.149. The Hall–Kier alpha value is -9.45. The maximum Gasteiger partial charge on any atom is 0.160 e. The van der Waals surface area contributed by atoms with E-state index < -0.39 is 0 Å². The van der Waals surface area contributed by atoms with E-state index in [-0.39, 0.29) is 0 Å². The lowest BCUT2D eigenvalue weighted by Crippen LogP contribution is -1.96. The van der Waals surface area contributed by atoms with Crippen molar-refractivity contribution in [2.24, 2.45) is 0 Å². The average molecular weight is 894 g/mol. The second-order valence-corrected chi connectivity index (χ2v) is 17.8. The van der Waals surface area contributed by atoms with Gasteiger partial charge in [0.05, 0.1) is 22.6 Å². The van der Waals surface area contributed by atoms with Crippen LogP contribution < -0.4 is 0 Å². The molecule has 0 saturated carbocycles. The zero-order valence-electron chi connectivity index (χ0n) is 37.7. The molecule has 4 heterocycles. The Kier molecular flexibility index (Phi) is 9.14. The van der Waals surface area contributed by atoms with Gasteiger partial charge in [0.2, 0.25) is 0 Å². The summed E-state index contributed by atoms with van der Waals surface area (Å²) in [5.41, 5.74) is 17.6. The summed E-state index contributed by atoms with van der Waals surface area (Å²) in [6, 6.07) is 82.5. The summed E-state index contributed by atoms with van der Waals surface area (Å²) >= 11 is 0. The van der Waals surface area contributed by atoms with Gasteiger partial charge in [-0.3, -0.25) is 0 Å². The lowest BCUT2D eigenvalue weighted by molar-refractivity contribution is 0.669. The summed E-state index contributed by atoms with van der Waals surface area (Å²) in [7, 11) is 0. The van der Waals surface area contributed by atoms with Gasteiger partial charge in [-0.15, -0.1) is 0 Å². The summed E-state index contributed by atoms with van der Waals surface area (Å²) < 4.78 is 13.0. The Morgan fingerprint density at radius 1 is 0.286 bits per heavy atom. The molecule has 0 fully saturated rings. The zero-order valence-corrected chi connectivity index (χ0v) is 37.7. The van der Waals surface area contributed by atoms with Crippen molar-refractivity contribution in [1.29, 1.82) is 0 Å². The number of benzene rings is 10. The molecule has 326 valence electrons. The van der Waals surface area contributed by atoms with Gasteiger partial charge in [0, 0.05) is 71.1 Å².